The van der Waals surface area contributed by atoms with Crippen LogP contribution in [0.4, 0.5) is 0 Å². The fraction of sp³-hybridized carbons (Fsp3) is 0.909. The average molecular weight is 212 g/mol. The second kappa shape index (κ2) is 4.94. The highest BCUT2D eigenvalue weighted by Gasteiger charge is 2.27. The quantitative estimate of drug-likeness (QED) is 0.669. The molecule has 0 spiro atoms. The Morgan fingerprint density at radius 1 is 1.27 bits per heavy atom. The largest absolute Gasteiger partial charge is 0.379 e. The smallest absolute Gasteiger partial charge is 0.225 e. The molecule has 2 aliphatic rings. The Bertz CT molecular complexity index is 227. The maximum Gasteiger partial charge on any atom is 0.225 e. The van der Waals surface area contributed by atoms with Gasteiger partial charge in [0.1, 0.15) is 0 Å². The number of amides is 1. The average Bonchev–Trinajstić information content (AvgIpc) is 2.59. The first kappa shape index (κ1) is 10.9. The Labute approximate surface area is 91.2 Å². The van der Waals surface area contributed by atoms with Crippen molar-refractivity contribution >= 4 is 5.91 Å². The predicted octanol–water partition coefficient (Wildman–Crippen LogP) is 0.187. The van der Waals surface area contributed by atoms with Crippen molar-refractivity contribution in [3.8, 4) is 0 Å². The molecule has 1 atom stereocenters. The van der Waals surface area contributed by atoms with Gasteiger partial charge in [0.05, 0.1) is 13.2 Å². The molecular weight excluding hydrogens is 192 g/mol. The molecular formula is C11H20N2O2. The molecule has 2 aliphatic heterocycles. The Morgan fingerprint density at radius 3 is 2.60 bits per heavy atom. The summed E-state index contributed by atoms with van der Waals surface area (Å²) in [6, 6.07) is 0. The van der Waals surface area contributed by atoms with Crippen molar-refractivity contribution in [3.05, 3.63) is 0 Å². The highest BCUT2D eigenvalue weighted by molar-refractivity contribution is 5.80. The monoisotopic (exact) mass is 212 g/mol. The number of hydrogen-bond donors (Lipinski definition) is 0. The number of carbonyl (C=O) groups is 1. The number of ether oxygens (including phenoxy) is 1. The summed E-state index contributed by atoms with van der Waals surface area (Å²) >= 11 is 0. The summed E-state index contributed by atoms with van der Waals surface area (Å²) in [4.78, 5) is 16.0. The number of likely N-dealkylation sites (tertiary alicyclic amines) is 1. The van der Waals surface area contributed by atoms with Gasteiger partial charge in [-0.1, -0.05) is 6.92 Å². The molecule has 0 aliphatic carbocycles. The van der Waals surface area contributed by atoms with Crippen LogP contribution in [0.3, 0.4) is 0 Å². The van der Waals surface area contributed by atoms with Crippen LogP contribution in [0.5, 0.6) is 0 Å². The molecule has 2 saturated heterocycles. The third-order valence-corrected chi connectivity index (χ3v) is 3.36. The highest BCUT2D eigenvalue weighted by Crippen LogP contribution is 2.16. The molecule has 86 valence electrons. The lowest BCUT2D eigenvalue weighted by Gasteiger charge is -2.28. The van der Waals surface area contributed by atoms with Crippen LogP contribution in [0.1, 0.15) is 13.3 Å². The third-order valence-electron chi connectivity index (χ3n) is 3.36. The zero-order valence-electron chi connectivity index (χ0n) is 9.45. The summed E-state index contributed by atoms with van der Waals surface area (Å²) < 4.78 is 5.29. The van der Waals surface area contributed by atoms with Gasteiger partial charge in [0.2, 0.25) is 5.91 Å². The molecule has 15 heavy (non-hydrogen) atoms. The fourth-order valence-electron chi connectivity index (χ4n) is 2.20. The summed E-state index contributed by atoms with van der Waals surface area (Å²) in [7, 11) is 0. The van der Waals surface area contributed by atoms with E-state index in [0.717, 1.165) is 52.4 Å². The maximum atomic E-state index is 11.7. The van der Waals surface area contributed by atoms with Gasteiger partial charge in [-0.3, -0.25) is 9.69 Å². The summed E-state index contributed by atoms with van der Waals surface area (Å²) in [5, 5.41) is 0. The minimum absolute atomic E-state index is 0.245. The van der Waals surface area contributed by atoms with Crippen LogP contribution in [0, 0.1) is 5.92 Å². The van der Waals surface area contributed by atoms with E-state index in [0.29, 0.717) is 5.91 Å². The van der Waals surface area contributed by atoms with Crippen molar-refractivity contribution in [1.29, 1.82) is 0 Å². The number of rotatable bonds is 3. The molecule has 0 N–H and O–H groups in total. The normalized spacial score (nSPS) is 28.7. The van der Waals surface area contributed by atoms with Crippen molar-refractivity contribution in [1.82, 2.24) is 9.80 Å². The van der Waals surface area contributed by atoms with E-state index < -0.39 is 0 Å². The lowest BCUT2D eigenvalue weighted by molar-refractivity contribution is -0.130. The minimum Gasteiger partial charge on any atom is -0.379 e. The molecule has 0 aromatic carbocycles. The minimum atomic E-state index is 0.245. The van der Waals surface area contributed by atoms with Crippen LogP contribution in [0.25, 0.3) is 0 Å². The number of carbonyl (C=O) groups excluding carboxylic acids is 1. The number of nitrogens with zero attached hydrogens (tertiary/aromatic N) is 2. The van der Waals surface area contributed by atoms with Gasteiger partial charge in [0, 0.05) is 38.6 Å². The van der Waals surface area contributed by atoms with Gasteiger partial charge in [-0.25, -0.2) is 0 Å². The molecule has 2 heterocycles. The van der Waals surface area contributed by atoms with E-state index in [4.69, 9.17) is 4.74 Å². The molecule has 2 fully saturated rings. The molecule has 2 rings (SSSR count). The van der Waals surface area contributed by atoms with E-state index in [1.165, 1.54) is 0 Å². The van der Waals surface area contributed by atoms with Gasteiger partial charge in [-0.2, -0.15) is 0 Å². The molecule has 0 unspecified atom stereocenters. The van der Waals surface area contributed by atoms with Crippen molar-refractivity contribution in [2.75, 3.05) is 45.9 Å². The SMILES string of the molecule is C[C@@H]1CCN(CCN2CCOCC2)C1=O. The molecule has 4 nitrogen and oxygen atoms in total. The second-order valence-electron chi connectivity index (χ2n) is 4.47. The zero-order valence-corrected chi connectivity index (χ0v) is 9.45. The van der Waals surface area contributed by atoms with Gasteiger partial charge in [0.15, 0.2) is 0 Å². The van der Waals surface area contributed by atoms with Crippen molar-refractivity contribution < 1.29 is 9.53 Å². The second-order valence-corrected chi connectivity index (χ2v) is 4.47. The van der Waals surface area contributed by atoms with E-state index in [-0.39, 0.29) is 5.92 Å². The zero-order chi connectivity index (χ0) is 10.7. The van der Waals surface area contributed by atoms with Crippen LogP contribution in [-0.2, 0) is 9.53 Å². The van der Waals surface area contributed by atoms with Gasteiger partial charge in [0.25, 0.3) is 0 Å². The van der Waals surface area contributed by atoms with Crippen molar-refractivity contribution in [2.24, 2.45) is 5.92 Å². The van der Waals surface area contributed by atoms with Crippen LogP contribution in [0.2, 0.25) is 0 Å². The van der Waals surface area contributed by atoms with E-state index in [2.05, 4.69) is 4.90 Å². The topological polar surface area (TPSA) is 32.8 Å². The number of morpholine rings is 1. The fourth-order valence-corrected chi connectivity index (χ4v) is 2.20. The van der Waals surface area contributed by atoms with Gasteiger partial charge >= 0.3 is 0 Å². The van der Waals surface area contributed by atoms with Crippen LogP contribution in [-0.4, -0.2) is 61.6 Å². The van der Waals surface area contributed by atoms with E-state index in [1.54, 1.807) is 0 Å². The molecule has 0 aromatic rings. The van der Waals surface area contributed by atoms with E-state index >= 15 is 0 Å². The Kier molecular flexibility index (Phi) is 3.59. The predicted molar refractivity (Wildman–Crippen MR) is 57.6 cm³/mol. The van der Waals surface area contributed by atoms with Crippen molar-refractivity contribution in [3.63, 3.8) is 0 Å². The molecule has 0 aromatic heterocycles. The Balaban J connectivity index is 1.71. The molecule has 0 radical (unpaired) electrons. The lowest BCUT2D eigenvalue weighted by Crippen LogP contribution is -2.42. The van der Waals surface area contributed by atoms with Crippen LogP contribution >= 0.6 is 0 Å². The van der Waals surface area contributed by atoms with Crippen LogP contribution in [0.15, 0.2) is 0 Å². The summed E-state index contributed by atoms with van der Waals surface area (Å²) in [6.45, 7) is 8.57. The van der Waals surface area contributed by atoms with Gasteiger partial charge in [-0.15, -0.1) is 0 Å². The molecule has 1 amide bonds. The van der Waals surface area contributed by atoms with Gasteiger partial charge in [-0.05, 0) is 6.42 Å². The number of hydrogen-bond acceptors (Lipinski definition) is 3. The van der Waals surface area contributed by atoms with Gasteiger partial charge < -0.3 is 9.64 Å². The highest BCUT2D eigenvalue weighted by atomic mass is 16.5. The first-order valence-electron chi connectivity index (χ1n) is 5.86. The summed E-state index contributed by atoms with van der Waals surface area (Å²) in [6.07, 6.45) is 1.03. The first-order chi connectivity index (χ1) is 7.27. The van der Waals surface area contributed by atoms with E-state index in [1.807, 2.05) is 11.8 Å². The van der Waals surface area contributed by atoms with E-state index in [9.17, 15) is 4.79 Å². The maximum absolute atomic E-state index is 11.7. The van der Waals surface area contributed by atoms with Crippen LogP contribution < -0.4 is 0 Å². The molecule has 0 saturated carbocycles. The molecule has 0 bridgehead atoms. The summed E-state index contributed by atoms with van der Waals surface area (Å²) in [5.74, 6) is 0.581. The van der Waals surface area contributed by atoms with Crippen molar-refractivity contribution in [2.45, 2.75) is 13.3 Å². The third kappa shape index (κ3) is 2.69. The first-order valence-corrected chi connectivity index (χ1v) is 5.86. The Hall–Kier alpha value is -0.610. The summed E-state index contributed by atoms with van der Waals surface area (Å²) in [5.41, 5.74) is 0. The standard InChI is InChI=1S/C11H20N2O2/c1-10-2-3-13(11(10)14)5-4-12-6-8-15-9-7-12/h10H,2-9H2,1H3/t10-/m1/s1. The Morgan fingerprint density at radius 2 is 2.00 bits per heavy atom. The molecule has 4 heteroatoms. The lowest BCUT2D eigenvalue weighted by atomic mass is 10.1.